The number of hydrogen-bond acceptors (Lipinski definition) is 9. The van der Waals surface area contributed by atoms with E-state index in [-0.39, 0.29) is 24.5 Å². The molecule has 0 spiro atoms. The molecular weight excluding hydrogens is 396 g/mol. The first kappa shape index (κ1) is 21.6. The lowest BCUT2D eigenvalue weighted by Gasteiger charge is -2.15. The highest BCUT2D eigenvalue weighted by Gasteiger charge is 2.11. The number of hydrogen-bond donors (Lipinski definition) is 4. The van der Waals surface area contributed by atoms with Gasteiger partial charge in [0.15, 0.2) is 6.67 Å². The molecule has 31 heavy (non-hydrogen) atoms. The predicted octanol–water partition coefficient (Wildman–Crippen LogP) is 3.37. The van der Waals surface area contributed by atoms with Crippen LogP contribution in [0.5, 0.6) is 0 Å². The van der Waals surface area contributed by atoms with Crippen LogP contribution < -0.4 is 21.7 Å². The highest BCUT2D eigenvalue weighted by molar-refractivity contribution is 5.94. The standard InChI is InChI=1S/C21H24N8O2/c1-13-8-9-16(18(22)30)10-17(13)26-21-28-19(27-20(29-21)24-12-25-31)23-11-14(2)15-6-4-3-5-7-15/h3-10,14H,11-12H2,1-2H3,(H2,22,30)(H3,23,24,26,27,28,29). The lowest BCUT2D eigenvalue weighted by Crippen LogP contribution is -2.15. The van der Waals surface area contributed by atoms with Crippen LogP contribution in [0.25, 0.3) is 0 Å². The maximum atomic E-state index is 11.5. The van der Waals surface area contributed by atoms with Gasteiger partial charge in [-0.15, -0.1) is 4.91 Å². The van der Waals surface area contributed by atoms with Gasteiger partial charge in [-0.3, -0.25) is 4.79 Å². The number of nitrogens with zero attached hydrogens (tertiary/aromatic N) is 4. The van der Waals surface area contributed by atoms with Gasteiger partial charge in [0.1, 0.15) is 0 Å². The average molecular weight is 420 g/mol. The first-order valence-corrected chi connectivity index (χ1v) is 9.71. The van der Waals surface area contributed by atoms with E-state index < -0.39 is 5.91 Å². The van der Waals surface area contributed by atoms with E-state index in [0.717, 1.165) is 5.56 Å². The number of anilines is 4. The average Bonchev–Trinajstić information content (AvgIpc) is 2.78. The monoisotopic (exact) mass is 420 g/mol. The number of nitrogens with one attached hydrogen (secondary N) is 3. The zero-order valence-electron chi connectivity index (χ0n) is 17.3. The van der Waals surface area contributed by atoms with E-state index in [9.17, 15) is 9.70 Å². The van der Waals surface area contributed by atoms with Crippen molar-refractivity contribution < 1.29 is 4.79 Å². The molecule has 0 saturated carbocycles. The maximum Gasteiger partial charge on any atom is 0.248 e. The fourth-order valence-corrected chi connectivity index (χ4v) is 2.87. The Morgan fingerprint density at radius 1 is 1.03 bits per heavy atom. The summed E-state index contributed by atoms with van der Waals surface area (Å²) >= 11 is 0. The van der Waals surface area contributed by atoms with E-state index in [2.05, 4.69) is 55.1 Å². The van der Waals surface area contributed by atoms with E-state index in [0.29, 0.717) is 23.7 Å². The summed E-state index contributed by atoms with van der Waals surface area (Å²) in [5.74, 6) is 0.448. The molecule has 160 valence electrons. The molecule has 0 aliphatic rings. The fourth-order valence-electron chi connectivity index (χ4n) is 2.87. The molecule has 1 atom stereocenters. The van der Waals surface area contributed by atoms with Crippen LogP contribution in [0.2, 0.25) is 0 Å². The van der Waals surface area contributed by atoms with Crippen LogP contribution in [0.3, 0.4) is 0 Å². The number of carbonyl (C=O) groups is 1. The summed E-state index contributed by atoms with van der Waals surface area (Å²) in [5.41, 5.74) is 8.43. The Hall–Kier alpha value is -4.08. The molecule has 0 fully saturated rings. The minimum Gasteiger partial charge on any atom is -0.366 e. The Labute approximate surface area is 179 Å². The summed E-state index contributed by atoms with van der Waals surface area (Å²) in [7, 11) is 0. The molecule has 1 amide bonds. The molecule has 10 heteroatoms. The largest absolute Gasteiger partial charge is 0.366 e. The summed E-state index contributed by atoms with van der Waals surface area (Å²) in [6.45, 7) is 4.38. The van der Waals surface area contributed by atoms with Gasteiger partial charge in [0.05, 0.1) is 0 Å². The van der Waals surface area contributed by atoms with Crippen LogP contribution in [-0.2, 0) is 0 Å². The third-order valence-electron chi connectivity index (χ3n) is 4.64. The van der Waals surface area contributed by atoms with Crippen LogP contribution in [0.15, 0.2) is 53.7 Å². The quantitative estimate of drug-likeness (QED) is 0.365. The second-order valence-corrected chi connectivity index (χ2v) is 6.98. The van der Waals surface area contributed by atoms with E-state index in [1.54, 1.807) is 18.2 Å². The number of amides is 1. The smallest absolute Gasteiger partial charge is 0.248 e. The van der Waals surface area contributed by atoms with E-state index in [4.69, 9.17) is 5.73 Å². The minimum atomic E-state index is -0.532. The summed E-state index contributed by atoms with van der Waals surface area (Å²) in [5, 5.41) is 11.8. The Balaban J connectivity index is 1.82. The van der Waals surface area contributed by atoms with Crippen molar-refractivity contribution in [3.63, 3.8) is 0 Å². The van der Waals surface area contributed by atoms with E-state index in [1.807, 2.05) is 25.1 Å². The second kappa shape index (κ2) is 10.1. The van der Waals surface area contributed by atoms with Crippen molar-refractivity contribution in [1.82, 2.24) is 15.0 Å². The van der Waals surface area contributed by atoms with Crippen LogP contribution in [-0.4, -0.2) is 34.1 Å². The Morgan fingerprint density at radius 2 is 1.71 bits per heavy atom. The number of aromatic nitrogens is 3. The predicted molar refractivity (Wildman–Crippen MR) is 120 cm³/mol. The van der Waals surface area contributed by atoms with Crippen molar-refractivity contribution in [2.24, 2.45) is 10.9 Å². The number of benzene rings is 2. The molecule has 0 radical (unpaired) electrons. The number of aryl methyl sites for hydroxylation is 1. The Kier molecular flexibility index (Phi) is 7.05. The van der Waals surface area contributed by atoms with Gasteiger partial charge >= 0.3 is 0 Å². The van der Waals surface area contributed by atoms with Crippen molar-refractivity contribution in [2.75, 3.05) is 29.2 Å². The molecule has 0 saturated heterocycles. The maximum absolute atomic E-state index is 11.5. The zero-order valence-corrected chi connectivity index (χ0v) is 17.3. The van der Waals surface area contributed by atoms with Gasteiger partial charge in [0.2, 0.25) is 23.8 Å². The minimum absolute atomic E-state index is 0.181. The van der Waals surface area contributed by atoms with Gasteiger partial charge in [-0.2, -0.15) is 15.0 Å². The Morgan fingerprint density at radius 3 is 2.39 bits per heavy atom. The third-order valence-corrected chi connectivity index (χ3v) is 4.64. The highest BCUT2D eigenvalue weighted by atomic mass is 16.3. The SMILES string of the molecule is Cc1ccc(C(N)=O)cc1Nc1nc(NCN=O)nc(NCC(C)c2ccccc2)n1. The van der Waals surface area contributed by atoms with Gasteiger partial charge in [0, 0.05) is 17.8 Å². The molecule has 1 unspecified atom stereocenters. The number of rotatable bonds is 10. The molecule has 2 aromatic carbocycles. The molecule has 5 N–H and O–H groups in total. The molecular formula is C21H24N8O2. The molecule has 0 aliphatic heterocycles. The first-order chi connectivity index (χ1) is 15.0. The summed E-state index contributed by atoms with van der Waals surface area (Å²) in [6.07, 6.45) is 0. The fraction of sp³-hybridized carbons (Fsp3) is 0.238. The van der Waals surface area contributed by atoms with Crippen LogP contribution in [0.4, 0.5) is 23.5 Å². The molecule has 10 nitrogen and oxygen atoms in total. The van der Waals surface area contributed by atoms with Gasteiger partial charge in [-0.25, -0.2) is 0 Å². The lowest BCUT2D eigenvalue weighted by molar-refractivity contribution is 0.100. The molecule has 3 rings (SSSR count). The van der Waals surface area contributed by atoms with Crippen molar-refractivity contribution in [1.29, 1.82) is 0 Å². The topological polar surface area (TPSA) is 147 Å². The zero-order chi connectivity index (χ0) is 22.2. The van der Waals surface area contributed by atoms with Gasteiger partial charge in [0.25, 0.3) is 0 Å². The van der Waals surface area contributed by atoms with Crippen molar-refractivity contribution >= 4 is 29.4 Å². The second-order valence-electron chi connectivity index (χ2n) is 6.98. The molecule has 0 bridgehead atoms. The Bertz CT molecular complexity index is 1060. The molecule has 3 aromatic rings. The van der Waals surface area contributed by atoms with Crippen LogP contribution >= 0.6 is 0 Å². The van der Waals surface area contributed by atoms with E-state index >= 15 is 0 Å². The highest BCUT2D eigenvalue weighted by Crippen LogP contribution is 2.22. The molecule has 0 aliphatic carbocycles. The van der Waals surface area contributed by atoms with Crippen LogP contribution in [0.1, 0.15) is 34.3 Å². The first-order valence-electron chi connectivity index (χ1n) is 9.71. The molecule has 1 aromatic heterocycles. The van der Waals surface area contributed by atoms with Gasteiger partial charge in [-0.1, -0.05) is 43.3 Å². The number of carbonyl (C=O) groups excluding carboxylic acids is 1. The summed E-state index contributed by atoms with van der Waals surface area (Å²) in [6, 6.07) is 15.1. The van der Waals surface area contributed by atoms with E-state index in [1.165, 1.54) is 5.56 Å². The van der Waals surface area contributed by atoms with Crippen molar-refractivity contribution in [2.45, 2.75) is 19.8 Å². The number of primary amides is 1. The van der Waals surface area contributed by atoms with Crippen molar-refractivity contribution in [3.8, 4) is 0 Å². The molecule has 1 heterocycles. The van der Waals surface area contributed by atoms with Crippen LogP contribution in [0, 0.1) is 11.8 Å². The van der Waals surface area contributed by atoms with Gasteiger partial charge < -0.3 is 21.7 Å². The lowest BCUT2D eigenvalue weighted by atomic mass is 10.0. The number of nitroso groups, excluding NO2 is 1. The van der Waals surface area contributed by atoms with Gasteiger partial charge in [-0.05, 0) is 41.3 Å². The third kappa shape index (κ3) is 5.95. The van der Waals surface area contributed by atoms with Crippen molar-refractivity contribution in [3.05, 3.63) is 70.1 Å². The summed E-state index contributed by atoms with van der Waals surface area (Å²) in [4.78, 5) is 35.0. The normalized spacial score (nSPS) is 11.4. The number of nitrogens with two attached hydrogens (primary N) is 1. The summed E-state index contributed by atoms with van der Waals surface area (Å²) < 4.78 is 0.